The van der Waals surface area contributed by atoms with Gasteiger partial charge < -0.3 is 10.2 Å². The first-order valence-corrected chi connectivity index (χ1v) is 8.37. The molecule has 2 amide bonds. The zero-order valence-electron chi connectivity index (χ0n) is 13.2. The molecular formula is C18H24N2O2. The van der Waals surface area contributed by atoms with Crippen LogP contribution in [0, 0.1) is 5.92 Å². The highest BCUT2D eigenvalue weighted by atomic mass is 16.2. The maximum atomic E-state index is 12.2. The molecule has 4 heteroatoms. The minimum absolute atomic E-state index is 0.0397. The number of unbranched alkanes of at least 4 members (excludes halogenated alkanes) is 1. The molecule has 1 aromatic rings. The number of rotatable bonds is 6. The van der Waals surface area contributed by atoms with E-state index >= 15 is 0 Å². The Hall–Kier alpha value is -1.84. The van der Waals surface area contributed by atoms with E-state index in [1.807, 2.05) is 12.1 Å². The van der Waals surface area contributed by atoms with Crippen molar-refractivity contribution in [2.24, 2.45) is 5.92 Å². The third kappa shape index (κ3) is 3.49. The van der Waals surface area contributed by atoms with Gasteiger partial charge in [0.05, 0.1) is 5.92 Å². The van der Waals surface area contributed by atoms with E-state index in [0.29, 0.717) is 19.0 Å². The highest BCUT2D eigenvalue weighted by Gasteiger charge is 2.36. The number of hydrogen-bond acceptors (Lipinski definition) is 2. The van der Waals surface area contributed by atoms with Crippen LogP contribution in [-0.2, 0) is 16.0 Å². The van der Waals surface area contributed by atoms with Gasteiger partial charge in [0.25, 0.3) is 0 Å². The number of aryl methyl sites for hydroxylation is 1. The number of nitrogens with one attached hydrogen (secondary N) is 1. The zero-order chi connectivity index (χ0) is 15.5. The molecule has 0 bridgehead atoms. The summed E-state index contributed by atoms with van der Waals surface area (Å²) in [4.78, 5) is 26.0. The second-order valence-corrected chi connectivity index (χ2v) is 6.46. The van der Waals surface area contributed by atoms with Crippen molar-refractivity contribution in [3.8, 4) is 0 Å². The standard InChI is InChI=1S/C18H24N2O2/c1-2-3-4-13-5-9-16(10-6-13)20-12-14(11-17(20)21)18(22)19-15-7-8-15/h5-6,9-10,14-15H,2-4,7-8,11-12H2,1H3,(H,19,22)/t14-/m0/s1. The fraction of sp³-hybridized carbons (Fsp3) is 0.556. The largest absolute Gasteiger partial charge is 0.353 e. The van der Waals surface area contributed by atoms with Gasteiger partial charge in [-0.1, -0.05) is 25.5 Å². The van der Waals surface area contributed by atoms with Crippen LogP contribution in [0.25, 0.3) is 0 Å². The molecule has 118 valence electrons. The lowest BCUT2D eigenvalue weighted by Gasteiger charge is -2.17. The average Bonchev–Trinajstić information content (AvgIpc) is 3.25. The molecule has 22 heavy (non-hydrogen) atoms. The van der Waals surface area contributed by atoms with Crippen molar-refractivity contribution in [2.75, 3.05) is 11.4 Å². The van der Waals surface area contributed by atoms with Crippen LogP contribution in [-0.4, -0.2) is 24.4 Å². The van der Waals surface area contributed by atoms with Crippen LogP contribution in [0.2, 0.25) is 0 Å². The molecule has 2 aliphatic rings. The molecule has 0 radical (unpaired) electrons. The van der Waals surface area contributed by atoms with Gasteiger partial charge in [-0.25, -0.2) is 0 Å². The molecule has 1 saturated heterocycles. The lowest BCUT2D eigenvalue weighted by molar-refractivity contribution is -0.126. The first-order chi connectivity index (χ1) is 10.7. The van der Waals surface area contributed by atoms with Crippen LogP contribution in [0.15, 0.2) is 24.3 Å². The Morgan fingerprint density at radius 2 is 2.00 bits per heavy atom. The van der Waals surface area contributed by atoms with Gasteiger partial charge >= 0.3 is 0 Å². The Balaban J connectivity index is 1.61. The number of carbonyl (C=O) groups is 2. The Morgan fingerprint density at radius 1 is 1.27 bits per heavy atom. The molecule has 2 fully saturated rings. The van der Waals surface area contributed by atoms with Crippen molar-refractivity contribution in [1.29, 1.82) is 0 Å². The number of carbonyl (C=O) groups excluding carboxylic acids is 2. The molecule has 1 N–H and O–H groups in total. The maximum Gasteiger partial charge on any atom is 0.227 e. The van der Waals surface area contributed by atoms with E-state index < -0.39 is 0 Å². The van der Waals surface area contributed by atoms with E-state index in [4.69, 9.17) is 0 Å². The molecule has 1 aliphatic carbocycles. The summed E-state index contributed by atoms with van der Waals surface area (Å²) in [6, 6.07) is 8.55. The summed E-state index contributed by atoms with van der Waals surface area (Å²) in [6.07, 6.45) is 5.94. The molecular weight excluding hydrogens is 276 g/mol. The van der Waals surface area contributed by atoms with Crippen LogP contribution in [0.1, 0.15) is 44.6 Å². The highest BCUT2D eigenvalue weighted by molar-refractivity contribution is 6.00. The van der Waals surface area contributed by atoms with Crippen LogP contribution in [0.3, 0.4) is 0 Å². The lowest BCUT2D eigenvalue weighted by Crippen LogP contribution is -2.34. The van der Waals surface area contributed by atoms with Gasteiger partial charge in [0.1, 0.15) is 0 Å². The predicted octanol–water partition coefficient (Wildman–Crippen LogP) is 2.66. The van der Waals surface area contributed by atoms with E-state index in [1.165, 1.54) is 18.4 Å². The Labute approximate surface area is 131 Å². The Kier molecular flexibility index (Phi) is 4.46. The molecule has 3 rings (SSSR count). The number of amides is 2. The van der Waals surface area contributed by atoms with Gasteiger partial charge in [0.15, 0.2) is 0 Å². The summed E-state index contributed by atoms with van der Waals surface area (Å²) in [6.45, 7) is 2.69. The normalized spacial score (nSPS) is 21.2. The summed E-state index contributed by atoms with van der Waals surface area (Å²) in [5.41, 5.74) is 2.22. The van der Waals surface area contributed by atoms with E-state index in [1.54, 1.807) is 4.90 Å². The third-order valence-corrected chi connectivity index (χ3v) is 4.49. The van der Waals surface area contributed by atoms with Gasteiger partial charge in [-0.3, -0.25) is 9.59 Å². The van der Waals surface area contributed by atoms with E-state index in [2.05, 4.69) is 24.4 Å². The van der Waals surface area contributed by atoms with Crippen molar-refractivity contribution in [2.45, 2.75) is 51.5 Å². The summed E-state index contributed by atoms with van der Waals surface area (Å²) >= 11 is 0. The lowest BCUT2D eigenvalue weighted by atomic mass is 10.1. The van der Waals surface area contributed by atoms with Crippen molar-refractivity contribution in [3.63, 3.8) is 0 Å². The van der Waals surface area contributed by atoms with E-state index in [-0.39, 0.29) is 17.7 Å². The SMILES string of the molecule is CCCCc1ccc(N2C[C@@H](C(=O)NC3CC3)CC2=O)cc1. The molecule has 1 atom stereocenters. The van der Waals surface area contributed by atoms with Gasteiger partial charge in [-0.2, -0.15) is 0 Å². The topological polar surface area (TPSA) is 49.4 Å². The monoisotopic (exact) mass is 300 g/mol. The fourth-order valence-corrected chi connectivity index (χ4v) is 2.90. The molecule has 0 aromatic heterocycles. The van der Waals surface area contributed by atoms with Crippen LogP contribution in [0.5, 0.6) is 0 Å². The second kappa shape index (κ2) is 6.51. The van der Waals surface area contributed by atoms with Crippen LogP contribution in [0.4, 0.5) is 5.69 Å². The number of benzene rings is 1. The highest BCUT2D eigenvalue weighted by Crippen LogP contribution is 2.27. The molecule has 4 nitrogen and oxygen atoms in total. The summed E-state index contributed by atoms with van der Waals surface area (Å²) in [5.74, 6) is -0.108. The van der Waals surface area contributed by atoms with Crippen molar-refractivity contribution in [3.05, 3.63) is 29.8 Å². The molecule has 0 unspecified atom stereocenters. The quantitative estimate of drug-likeness (QED) is 0.878. The smallest absolute Gasteiger partial charge is 0.227 e. The second-order valence-electron chi connectivity index (χ2n) is 6.46. The van der Waals surface area contributed by atoms with Crippen molar-refractivity contribution in [1.82, 2.24) is 5.32 Å². The zero-order valence-corrected chi connectivity index (χ0v) is 13.2. The fourth-order valence-electron chi connectivity index (χ4n) is 2.90. The van der Waals surface area contributed by atoms with E-state index in [9.17, 15) is 9.59 Å². The Bertz CT molecular complexity index is 549. The van der Waals surface area contributed by atoms with Crippen LogP contribution < -0.4 is 10.2 Å². The molecule has 1 aromatic carbocycles. The van der Waals surface area contributed by atoms with Crippen molar-refractivity contribution >= 4 is 17.5 Å². The summed E-state index contributed by atoms with van der Waals surface area (Å²) in [5, 5.41) is 3.00. The molecule has 1 heterocycles. The number of hydrogen-bond donors (Lipinski definition) is 1. The summed E-state index contributed by atoms with van der Waals surface area (Å²) in [7, 11) is 0. The first-order valence-electron chi connectivity index (χ1n) is 8.37. The minimum Gasteiger partial charge on any atom is -0.353 e. The van der Waals surface area contributed by atoms with Gasteiger partial charge in [-0.15, -0.1) is 0 Å². The summed E-state index contributed by atoms with van der Waals surface area (Å²) < 4.78 is 0. The predicted molar refractivity (Wildman–Crippen MR) is 86.7 cm³/mol. The van der Waals surface area contributed by atoms with Gasteiger partial charge in [0, 0.05) is 24.7 Å². The molecule has 0 spiro atoms. The Morgan fingerprint density at radius 3 is 2.64 bits per heavy atom. The number of nitrogens with zero attached hydrogens (tertiary/aromatic N) is 1. The molecule has 1 aliphatic heterocycles. The van der Waals surface area contributed by atoms with Gasteiger partial charge in [-0.05, 0) is 43.4 Å². The van der Waals surface area contributed by atoms with Gasteiger partial charge in [0.2, 0.25) is 11.8 Å². The molecule has 1 saturated carbocycles. The maximum absolute atomic E-state index is 12.2. The van der Waals surface area contributed by atoms with Crippen molar-refractivity contribution < 1.29 is 9.59 Å². The third-order valence-electron chi connectivity index (χ3n) is 4.49. The average molecular weight is 300 g/mol. The minimum atomic E-state index is -0.201. The first kappa shape index (κ1) is 15.1. The number of anilines is 1. The van der Waals surface area contributed by atoms with E-state index in [0.717, 1.165) is 24.9 Å². The van der Waals surface area contributed by atoms with Crippen LogP contribution >= 0.6 is 0 Å².